The average Bonchev–Trinajstić information content (AvgIpc) is 3.29. The monoisotopic (exact) mass is 555 g/mol. The molecule has 0 radical (unpaired) electrons. The van der Waals surface area contributed by atoms with Crippen LogP contribution in [-0.4, -0.2) is 92.3 Å². The Hall–Kier alpha value is -2.20. The van der Waals surface area contributed by atoms with Crippen molar-refractivity contribution in [1.29, 1.82) is 0 Å². The first-order valence-electron chi connectivity index (χ1n) is 11.7. The highest BCUT2D eigenvalue weighted by atomic mass is 35.5. The molecule has 36 heavy (non-hydrogen) atoms. The highest BCUT2D eigenvalue weighted by molar-refractivity contribution is 7.91. The smallest absolute Gasteiger partial charge is 0.236 e. The molecule has 2 saturated heterocycles. The third kappa shape index (κ3) is 6.37. The Kier molecular flexibility index (Phi) is 8.24. The standard InChI is InChI=1S/C25H28Cl2FN3O4S/c1-29(24(32)12-17-2-5-19(28)6-3-17)23-15-31(14-20(23)18-4-7-21(26)22(27)13-18)25(33)16-30-8-10-36(34,35)11-9-30/h2-7,13,20,23H,8-12,14-16H2,1H3. The number of benzene rings is 2. The molecule has 2 unspecified atom stereocenters. The van der Waals surface area contributed by atoms with Gasteiger partial charge in [-0.1, -0.05) is 41.4 Å². The largest absolute Gasteiger partial charge is 0.340 e. The third-order valence-electron chi connectivity index (χ3n) is 6.97. The average molecular weight is 556 g/mol. The van der Waals surface area contributed by atoms with Gasteiger partial charge in [0, 0.05) is 39.1 Å². The molecule has 2 fully saturated rings. The Labute approximate surface area is 220 Å². The van der Waals surface area contributed by atoms with E-state index in [4.69, 9.17) is 23.2 Å². The van der Waals surface area contributed by atoms with Gasteiger partial charge in [0.2, 0.25) is 11.8 Å². The van der Waals surface area contributed by atoms with Crippen LogP contribution < -0.4 is 0 Å². The molecule has 0 aliphatic carbocycles. The molecule has 11 heteroatoms. The molecule has 0 spiro atoms. The Morgan fingerprint density at radius 1 is 1.03 bits per heavy atom. The van der Waals surface area contributed by atoms with Gasteiger partial charge in [0.1, 0.15) is 5.82 Å². The van der Waals surface area contributed by atoms with Gasteiger partial charge in [-0.25, -0.2) is 12.8 Å². The second kappa shape index (κ2) is 11.0. The zero-order valence-electron chi connectivity index (χ0n) is 19.9. The van der Waals surface area contributed by atoms with Gasteiger partial charge in [0.25, 0.3) is 0 Å². The summed E-state index contributed by atoms with van der Waals surface area (Å²) in [6.07, 6.45) is 0.109. The lowest BCUT2D eigenvalue weighted by Gasteiger charge is -2.30. The van der Waals surface area contributed by atoms with E-state index in [0.717, 1.165) is 5.56 Å². The molecule has 2 aliphatic heterocycles. The maximum absolute atomic E-state index is 13.3. The van der Waals surface area contributed by atoms with E-state index in [9.17, 15) is 22.4 Å². The van der Waals surface area contributed by atoms with E-state index in [1.165, 1.54) is 12.1 Å². The third-order valence-corrected chi connectivity index (χ3v) is 9.32. The number of hydrogen-bond acceptors (Lipinski definition) is 5. The number of nitrogens with zero attached hydrogens (tertiary/aromatic N) is 3. The number of hydrogen-bond donors (Lipinski definition) is 0. The maximum atomic E-state index is 13.3. The minimum Gasteiger partial charge on any atom is -0.340 e. The molecule has 2 heterocycles. The number of halogens is 3. The number of sulfone groups is 1. The summed E-state index contributed by atoms with van der Waals surface area (Å²) in [5.41, 5.74) is 1.57. The first-order chi connectivity index (χ1) is 17.0. The van der Waals surface area contributed by atoms with Crippen molar-refractivity contribution in [3.8, 4) is 0 Å². The summed E-state index contributed by atoms with van der Waals surface area (Å²) < 4.78 is 36.7. The van der Waals surface area contributed by atoms with E-state index in [2.05, 4.69) is 0 Å². The molecule has 0 aromatic heterocycles. The molecule has 4 rings (SSSR count). The van der Waals surface area contributed by atoms with Crippen LogP contribution in [0.25, 0.3) is 0 Å². The highest BCUT2D eigenvalue weighted by Gasteiger charge is 2.40. The van der Waals surface area contributed by atoms with Crippen LogP contribution in [0.3, 0.4) is 0 Å². The summed E-state index contributed by atoms with van der Waals surface area (Å²) in [5, 5.41) is 0.816. The molecule has 2 atom stereocenters. The van der Waals surface area contributed by atoms with E-state index in [1.54, 1.807) is 41.1 Å². The van der Waals surface area contributed by atoms with Crippen LogP contribution in [0, 0.1) is 5.82 Å². The van der Waals surface area contributed by atoms with Crippen molar-refractivity contribution in [2.24, 2.45) is 0 Å². The molecule has 2 amide bonds. The van der Waals surface area contributed by atoms with Crippen LogP contribution >= 0.6 is 23.2 Å². The van der Waals surface area contributed by atoms with Gasteiger partial charge >= 0.3 is 0 Å². The summed E-state index contributed by atoms with van der Waals surface area (Å²) in [5.74, 6) is -0.707. The topological polar surface area (TPSA) is 78.0 Å². The van der Waals surface area contributed by atoms with Gasteiger partial charge in [0.05, 0.1) is 40.6 Å². The zero-order chi connectivity index (χ0) is 26.0. The van der Waals surface area contributed by atoms with Crippen LogP contribution in [0.15, 0.2) is 42.5 Å². The van der Waals surface area contributed by atoms with E-state index in [1.807, 2.05) is 11.0 Å². The normalized spacial score (nSPS) is 21.9. The lowest BCUT2D eigenvalue weighted by Crippen LogP contribution is -2.47. The maximum Gasteiger partial charge on any atom is 0.236 e. The molecule has 0 bridgehead atoms. The minimum atomic E-state index is -3.04. The zero-order valence-corrected chi connectivity index (χ0v) is 22.2. The summed E-state index contributed by atoms with van der Waals surface area (Å²) in [6, 6.07) is 10.8. The van der Waals surface area contributed by atoms with Crippen LogP contribution in [0.4, 0.5) is 4.39 Å². The van der Waals surface area contributed by atoms with E-state index >= 15 is 0 Å². The Balaban J connectivity index is 1.51. The number of rotatable bonds is 6. The molecule has 2 aromatic rings. The predicted octanol–water partition coefficient (Wildman–Crippen LogP) is 2.86. The van der Waals surface area contributed by atoms with Crippen molar-refractivity contribution in [2.45, 2.75) is 18.4 Å². The molecular formula is C25H28Cl2FN3O4S. The second-order valence-electron chi connectivity index (χ2n) is 9.38. The first kappa shape index (κ1) is 26.9. The van der Waals surface area contributed by atoms with Crippen molar-refractivity contribution >= 4 is 44.9 Å². The fourth-order valence-corrected chi connectivity index (χ4v) is 6.32. The Morgan fingerprint density at radius 3 is 2.33 bits per heavy atom. The van der Waals surface area contributed by atoms with Gasteiger partial charge in [-0.05, 0) is 35.4 Å². The van der Waals surface area contributed by atoms with Gasteiger partial charge in [0.15, 0.2) is 9.84 Å². The molecule has 194 valence electrons. The number of likely N-dealkylation sites (N-methyl/N-ethyl adjacent to an activating group) is 1. The van der Waals surface area contributed by atoms with Crippen LogP contribution in [-0.2, 0) is 25.8 Å². The molecule has 0 N–H and O–H groups in total. The van der Waals surface area contributed by atoms with E-state index in [-0.39, 0.29) is 54.1 Å². The summed E-state index contributed by atoms with van der Waals surface area (Å²) >= 11 is 12.4. The summed E-state index contributed by atoms with van der Waals surface area (Å²) in [7, 11) is -1.32. The van der Waals surface area contributed by atoms with E-state index in [0.29, 0.717) is 41.8 Å². The number of carbonyl (C=O) groups excluding carboxylic acids is 2. The van der Waals surface area contributed by atoms with Crippen LogP contribution in [0.5, 0.6) is 0 Å². The lowest BCUT2D eigenvalue weighted by atomic mass is 9.93. The number of likely N-dealkylation sites (tertiary alicyclic amines) is 1. The summed E-state index contributed by atoms with van der Waals surface area (Å²) in [4.78, 5) is 31.6. The molecule has 0 saturated carbocycles. The second-order valence-corrected chi connectivity index (χ2v) is 12.5. The Bertz CT molecular complexity index is 1230. The quantitative estimate of drug-likeness (QED) is 0.547. The van der Waals surface area contributed by atoms with E-state index < -0.39 is 9.84 Å². The van der Waals surface area contributed by atoms with Crippen molar-refractivity contribution in [1.82, 2.24) is 14.7 Å². The van der Waals surface area contributed by atoms with Crippen LogP contribution in [0.1, 0.15) is 17.0 Å². The van der Waals surface area contributed by atoms with Crippen molar-refractivity contribution in [3.63, 3.8) is 0 Å². The minimum absolute atomic E-state index is 0.0510. The SMILES string of the molecule is CN(C(=O)Cc1ccc(F)cc1)C1CN(C(=O)CN2CCS(=O)(=O)CC2)CC1c1ccc(Cl)c(Cl)c1. The molecular weight excluding hydrogens is 528 g/mol. The van der Waals surface area contributed by atoms with Gasteiger partial charge in [-0.3, -0.25) is 14.5 Å². The van der Waals surface area contributed by atoms with Gasteiger partial charge in [-0.2, -0.15) is 0 Å². The first-order valence-corrected chi connectivity index (χ1v) is 14.3. The summed E-state index contributed by atoms with van der Waals surface area (Å²) in [6.45, 7) is 1.52. The van der Waals surface area contributed by atoms with Gasteiger partial charge in [-0.15, -0.1) is 0 Å². The fourth-order valence-electron chi connectivity index (χ4n) is 4.74. The number of carbonyl (C=O) groups is 2. The molecule has 2 aromatic carbocycles. The predicted molar refractivity (Wildman–Crippen MR) is 138 cm³/mol. The van der Waals surface area contributed by atoms with Gasteiger partial charge < -0.3 is 9.80 Å². The fraction of sp³-hybridized carbons (Fsp3) is 0.440. The lowest BCUT2D eigenvalue weighted by molar-refractivity contribution is -0.134. The highest BCUT2D eigenvalue weighted by Crippen LogP contribution is 2.34. The molecule has 7 nitrogen and oxygen atoms in total. The number of amides is 2. The van der Waals surface area contributed by atoms with Crippen molar-refractivity contribution in [2.75, 3.05) is 51.3 Å². The van der Waals surface area contributed by atoms with Crippen molar-refractivity contribution in [3.05, 3.63) is 69.5 Å². The van der Waals surface area contributed by atoms with Crippen LogP contribution in [0.2, 0.25) is 10.0 Å². The molecule has 2 aliphatic rings. The Morgan fingerprint density at radius 2 is 1.69 bits per heavy atom. The van der Waals surface area contributed by atoms with Crippen molar-refractivity contribution < 1.29 is 22.4 Å².